The summed E-state index contributed by atoms with van der Waals surface area (Å²) in [4.78, 5) is 37.0. The van der Waals surface area contributed by atoms with Gasteiger partial charge in [0.1, 0.15) is 0 Å². The quantitative estimate of drug-likeness (QED) is 0.370. The number of hydrogen-bond donors (Lipinski definition) is 2. The summed E-state index contributed by atoms with van der Waals surface area (Å²) in [5.41, 5.74) is 2.71. The number of carbonyl (C=O) groups is 3. The number of nitrogens with zero attached hydrogens (tertiary/aromatic N) is 1. The second-order valence-electron chi connectivity index (χ2n) is 4.33. The van der Waals surface area contributed by atoms with Crippen LogP contribution in [0.2, 0.25) is 0 Å². The molecule has 0 radical (unpaired) electrons. The van der Waals surface area contributed by atoms with E-state index in [1.807, 2.05) is 0 Å². The standard InChI is InChI=1S/C12H15N3O3S/c13-14-12(18)11-8(5-6-19-11)7-15-9(16)3-1-2-4-10(15)17/h5-6H,1-4,7,13H2,(H,14,18). The molecule has 1 aliphatic rings. The number of carbonyl (C=O) groups excluding carboxylic acids is 3. The van der Waals surface area contributed by atoms with E-state index in [9.17, 15) is 14.4 Å². The van der Waals surface area contributed by atoms with E-state index in [2.05, 4.69) is 5.43 Å². The Labute approximate surface area is 114 Å². The molecule has 2 heterocycles. The van der Waals surface area contributed by atoms with Gasteiger partial charge in [-0.3, -0.25) is 24.7 Å². The van der Waals surface area contributed by atoms with Crippen LogP contribution in [0.4, 0.5) is 0 Å². The van der Waals surface area contributed by atoms with Crippen LogP contribution in [0.5, 0.6) is 0 Å². The molecule has 6 nitrogen and oxygen atoms in total. The molecule has 3 N–H and O–H groups in total. The Morgan fingerprint density at radius 1 is 1.32 bits per heavy atom. The van der Waals surface area contributed by atoms with Crippen molar-refractivity contribution in [2.75, 3.05) is 0 Å². The summed E-state index contributed by atoms with van der Waals surface area (Å²) < 4.78 is 0. The fourth-order valence-corrected chi connectivity index (χ4v) is 2.85. The number of rotatable bonds is 3. The predicted molar refractivity (Wildman–Crippen MR) is 70.0 cm³/mol. The third kappa shape index (κ3) is 2.99. The lowest BCUT2D eigenvalue weighted by molar-refractivity contribution is -0.144. The van der Waals surface area contributed by atoms with Crippen LogP contribution in [0.3, 0.4) is 0 Å². The highest BCUT2D eigenvalue weighted by molar-refractivity contribution is 7.12. The molecule has 0 atom stereocenters. The molecular weight excluding hydrogens is 266 g/mol. The molecular formula is C12H15N3O3S. The van der Waals surface area contributed by atoms with Gasteiger partial charge in [0, 0.05) is 12.8 Å². The second-order valence-corrected chi connectivity index (χ2v) is 5.25. The zero-order valence-electron chi connectivity index (χ0n) is 10.3. The number of imide groups is 1. The number of nitrogens with two attached hydrogens (primary N) is 1. The molecule has 1 aromatic heterocycles. The van der Waals surface area contributed by atoms with Crippen LogP contribution in [0, 0.1) is 0 Å². The van der Waals surface area contributed by atoms with Gasteiger partial charge in [0.25, 0.3) is 5.91 Å². The zero-order chi connectivity index (χ0) is 13.8. The second kappa shape index (κ2) is 5.94. The first kappa shape index (κ1) is 13.7. The van der Waals surface area contributed by atoms with Gasteiger partial charge in [-0.05, 0) is 29.9 Å². The van der Waals surface area contributed by atoms with Crippen molar-refractivity contribution in [3.8, 4) is 0 Å². The molecule has 0 bridgehead atoms. The average molecular weight is 281 g/mol. The summed E-state index contributed by atoms with van der Waals surface area (Å²) in [7, 11) is 0. The van der Waals surface area contributed by atoms with Crippen LogP contribution in [0.25, 0.3) is 0 Å². The summed E-state index contributed by atoms with van der Waals surface area (Å²) in [5.74, 6) is 4.35. The Hall–Kier alpha value is -1.73. The Morgan fingerprint density at radius 2 is 1.95 bits per heavy atom. The third-order valence-corrected chi connectivity index (χ3v) is 4.00. The van der Waals surface area contributed by atoms with E-state index >= 15 is 0 Å². The number of amides is 3. The Balaban J connectivity index is 2.19. The van der Waals surface area contributed by atoms with E-state index in [4.69, 9.17) is 5.84 Å². The lowest BCUT2D eigenvalue weighted by atomic mass is 10.2. The topological polar surface area (TPSA) is 92.5 Å². The summed E-state index contributed by atoms with van der Waals surface area (Å²) in [6.45, 7) is 0.143. The predicted octanol–water partition coefficient (Wildman–Crippen LogP) is 0.781. The van der Waals surface area contributed by atoms with E-state index in [0.29, 0.717) is 23.3 Å². The van der Waals surface area contributed by atoms with Gasteiger partial charge in [-0.25, -0.2) is 5.84 Å². The first-order valence-corrected chi connectivity index (χ1v) is 6.92. The highest BCUT2D eigenvalue weighted by Gasteiger charge is 2.25. The van der Waals surface area contributed by atoms with Gasteiger partial charge in [-0.2, -0.15) is 0 Å². The van der Waals surface area contributed by atoms with Crippen LogP contribution in [-0.4, -0.2) is 22.6 Å². The number of hydrogen-bond acceptors (Lipinski definition) is 5. The lowest BCUT2D eigenvalue weighted by Crippen LogP contribution is -2.35. The molecule has 7 heteroatoms. The molecule has 2 rings (SSSR count). The van der Waals surface area contributed by atoms with Gasteiger partial charge < -0.3 is 0 Å². The van der Waals surface area contributed by atoms with E-state index in [1.165, 1.54) is 16.2 Å². The molecule has 1 aromatic rings. The van der Waals surface area contributed by atoms with E-state index in [-0.39, 0.29) is 18.4 Å². The zero-order valence-corrected chi connectivity index (χ0v) is 11.2. The Kier molecular flexibility index (Phi) is 4.28. The fourth-order valence-electron chi connectivity index (χ4n) is 2.03. The minimum atomic E-state index is -0.403. The molecule has 3 amide bonds. The first-order chi connectivity index (χ1) is 9.13. The highest BCUT2D eigenvalue weighted by Crippen LogP contribution is 2.21. The minimum Gasteiger partial charge on any atom is -0.289 e. The molecule has 1 fully saturated rings. The molecule has 0 aliphatic carbocycles. The van der Waals surface area contributed by atoms with Crippen molar-refractivity contribution < 1.29 is 14.4 Å². The lowest BCUT2D eigenvalue weighted by Gasteiger charge is -2.18. The van der Waals surface area contributed by atoms with Gasteiger partial charge in [0.15, 0.2) is 0 Å². The Bertz CT molecular complexity index is 494. The maximum atomic E-state index is 11.9. The monoisotopic (exact) mass is 281 g/mol. The van der Waals surface area contributed by atoms with Crippen molar-refractivity contribution in [2.24, 2.45) is 5.84 Å². The van der Waals surface area contributed by atoms with Crippen molar-refractivity contribution in [2.45, 2.75) is 32.2 Å². The summed E-state index contributed by atoms with van der Waals surface area (Å²) in [6.07, 6.45) is 2.24. The maximum absolute atomic E-state index is 11.9. The van der Waals surface area contributed by atoms with E-state index < -0.39 is 5.91 Å². The Morgan fingerprint density at radius 3 is 2.53 bits per heavy atom. The molecule has 19 heavy (non-hydrogen) atoms. The van der Waals surface area contributed by atoms with Gasteiger partial charge >= 0.3 is 0 Å². The van der Waals surface area contributed by atoms with Crippen molar-refractivity contribution >= 4 is 29.1 Å². The first-order valence-electron chi connectivity index (χ1n) is 6.04. The molecule has 0 aromatic carbocycles. The smallest absolute Gasteiger partial charge is 0.275 e. The average Bonchev–Trinajstić information content (AvgIpc) is 2.81. The van der Waals surface area contributed by atoms with Crippen LogP contribution in [0.15, 0.2) is 11.4 Å². The SMILES string of the molecule is NNC(=O)c1sccc1CN1C(=O)CCCCC1=O. The van der Waals surface area contributed by atoms with Crippen molar-refractivity contribution in [1.29, 1.82) is 0 Å². The van der Waals surface area contributed by atoms with E-state index in [0.717, 1.165) is 12.8 Å². The number of nitrogens with one attached hydrogen (secondary N) is 1. The fraction of sp³-hybridized carbons (Fsp3) is 0.417. The van der Waals surface area contributed by atoms with Gasteiger partial charge in [-0.1, -0.05) is 0 Å². The number of thiophene rings is 1. The number of hydrazine groups is 1. The molecule has 1 saturated heterocycles. The van der Waals surface area contributed by atoms with Gasteiger partial charge in [0.2, 0.25) is 11.8 Å². The van der Waals surface area contributed by atoms with Crippen LogP contribution in [-0.2, 0) is 16.1 Å². The van der Waals surface area contributed by atoms with E-state index in [1.54, 1.807) is 11.4 Å². The molecule has 102 valence electrons. The van der Waals surface area contributed by atoms with Crippen molar-refractivity contribution in [3.63, 3.8) is 0 Å². The van der Waals surface area contributed by atoms with Gasteiger partial charge in [-0.15, -0.1) is 11.3 Å². The van der Waals surface area contributed by atoms with Gasteiger partial charge in [0.05, 0.1) is 11.4 Å². The molecule has 0 unspecified atom stereocenters. The third-order valence-electron chi connectivity index (χ3n) is 3.05. The molecule has 0 saturated carbocycles. The minimum absolute atomic E-state index is 0.143. The van der Waals surface area contributed by atoms with Crippen LogP contribution >= 0.6 is 11.3 Å². The molecule has 0 spiro atoms. The normalized spacial score (nSPS) is 16.4. The molecule has 1 aliphatic heterocycles. The summed E-state index contributed by atoms with van der Waals surface area (Å²) >= 11 is 1.24. The largest absolute Gasteiger partial charge is 0.289 e. The maximum Gasteiger partial charge on any atom is 0.275 e. The van der Waals surface area contributed by atoms with Crippen LogP contribution in [0.1, 0.15) is 40.9 Å². The number of nitrogen functional groups attached to an aromatic ring is 1. The van der Waals surface area contributed by atoms with Crippen molar-refractivity contribution in [3.05, 3.63) is 21.9 Å². The highest BCUT2D eigenvalue weighted by atomic mass is 32.1. The summed E-state index contributed by atoms with van der Waals surface area (Å²) in [5, 5.41) is 1.74. The summed E-state index contributed by atoms with van der Waals surface area (Å²) in [6, 6.07) is 1.74. The van der Waals surface area contributed by atoms with Crippen molar-refractivity contribution in [1.82, 2.24) is 10.3 Å². The number of likely N-dealkylation sites (tertiary alicyclic amines) is 1. The van der Waals surface area contributed by atoms with Crippen LogP contribution < -0.4 is 11.3 Å².